The quantitative estimate of drug-likeness (QED) is 0.682. The van der Waals surface area contributed by atoms with E-state index in [4.69, 9.17) is 0 Å². The number of aryl methyl sites for hydroxylation is 2. The molecule has 0 spiro atoms. The van der Waals surface area contributed by atoms with Gasteiger partial charge in [0.1, 0.15) is 12.1 Å². The summed E-state index contributed by atoms with van der Waals surface area (Å²) in [7, 11) is -3.67. The topological polar surface area (TPSA) is 77.7 Å². The van der Waals surface area contributed by atoms with Crippen LogP contribution in [0.3, 0.4) is 0 Å². The fourth-order valence-electron chi connectivity index (χ4n) is 2.28. The van der Waals surface area contributed by atoms with E-state index in [2.05, 4.69) is 15.2 Å². The smallest absolute Gasteiger partial charge is 0.249 e. The summed E-state index contributed by atoms with van der Waals surface area (Å²) in [6, 6.07) is 10.9. The number of benzene rings is 1. The minimum absolute atomic E-state index is 0.0947. The van der Waals surface area contributed by atoms with Gasteiger partial charge in [-0.1, -0.05) is 18.2 Å². The molecule has 0 aliphatic carbocycles. The van der Waals surface area contributed by atoms with Crippen LogP contribution in [0, 0.1) is 5.82 Å². The summed E-state index contributed by atoms with van der Waals surface area (Å²) in [5.74, 6) is -0.662. The van der Waals surface area contributed by atoms with Crippen LogP contribution >= 0.6 is 0 Å². The molecule has 0 fully saturated rings. The first kappa shape index (κ1) is 16.3. The summed E-state index contributed by atoms with van der Waals surface area (Å²) in [6.45, 7) is 0.405. The average Bonchev–Trinajstić information content (AvgIpc) is 3.05. The molecule has 0 unspecified atom stereocenters. The largest absolute Gasteiger partial charge is 0.304 e. The molecule has 0 radical (unpaired) electrons. The second-order valence-electron chi connectivity index (χ2n) is 5.26. The molecule has 0 amide bonds. The molecule has 1 aromatic carbocycles. The van der Waals surface area contributed by atoms with Crippen LogP contribution in [0.5, 0.6) is 0 Å². The van der Waals surface area contributed by atoms with Gasteiger partial charge in [0.15, 0.2) is 0 Å². The van der Waals surface area contributed by atoms with Crippen molar-refractivity contribution >= 4 is 9.84 Å². The zero-order valence-electron chi connectivity index (χ0n) is 12.7. The van der Waals surface area contributed by atoms with Gasteiger partial charge in [0.2, 0.25) is 15.0 Å². The average molecular weight is 346 g/mol. The van der Waals surface area contributed by atoms with Crippen molar-refractivity contribution in [3.8, 4) is 0 Å². The third kappa shape index (κ3) is 3.83. The third-order valence-electron chi connectivity index (χ3n) is 3.46. The molecule has 6 nitrogen and oxygen atoms in total. The number of aromatic nitrogens is 4. The number of halogens is 1. The maximum absolute atomic E-state index is 12.9. The number of rotatable bonds is 6. The van der Waals surface area contributed by atoms with Gasteiger partial charge in [-0.2, -0.15) is 0 Å². The zero-order chi connectivity index (χ0) is 17.0. The van der Waals surface area contributed by atoms with Crippen LogP contribution < -0.4 is 0 Å². The van der Waals surface area contributed by atoms with Crippen LogP contribution in [0.25, 0.3) is 0 Å². The van der Waals surface area contributed by atoms with Crippen molar-refractivity contribution in [1.82, 2.24) is 19.7 Å². The Labute approximate surface area is 138 Å². The monoisotopic (exact) mass is 346 g/mol. The van der Waals surface area contributed by atoms with Gasteiger partial charge in [-0.05, 0) is 29.8 Å². The van der Waals surface area contributed by atoms with Crippen LogP contribution in [0.2, 0.25) is 0 Å². The Kier molecular flexibility index (Phi) is 4.66. The highest BCUT2D eigenvalue weighted by Crippen LogP contribution is 2.15. The first-order valence-electron chi connectivity index (χ1n) is 7.29. The van der Waals surface area contributed by atoms with Crippen LogP contribution in [-0.2, 0) is 28.6 Å². The Hall–Kier alpha value is -2.61. The molecule has 3 rings (SSSR count). The van der Waals surface area contributed by atoms with Gasteiger partial charge < -0.3 is 4.57 Å². The van der Waals surface area contributed by atoms with Gasteiger partial charge in [-0.25, -0.2) is 12.8 Å². The van der Waals surface area contributed by atoms with Crippen molar-refractivity contribution in [2.75, 3.05) is 0 Å². The predicted molar refractivity (Wildman–Crippen MR) is 85.3 cm³/mol. The van der Waals surface area contributed by atoms with Gasteiger partial charge in [0, 0.05) is 24.9 Å². The molecule has 2 heterocycles. The van der Waals surface area contributed by atoms with E-state index in [0.29, 0.717) is 18.5 Å². The summed E-state index contributed by atoms with van der Waals surface area (Å²) in [5.41, 5.74) is 1.35. The van der Waals surface area contributed by atoms with E-state index >= 15 is 0 Å². The SMILES string of the molecule is O=S(=O)(Cc1ccc(F)cc1)c1nncn1CCc1ccccn1. The van der Waals surface area contributed by atoms with E-state index in [1.165, 1.54) is 35.2 Å². The summed E-state index contributed by atoms with van der Waals surface area (Å²) in [6.07, 6.45) is 3.64. The molecule has 8 heteroatoms. The molecule has 124 valence electrons. The van der Waals surface area contributed by atoms with Crippen molar-refractivity contribution in [2.24, 2.45) is 0 Å². The fourth-order valence-corrected chi connectivity index (χ4v) is 3.71. The summed E-state index contributed by atoms with van der Waals surface area (Å²) in [4.78, 5) is 4.21. The van der Waals surface area contributed by atoms with E-state index in [-0.39, 0.29) is 10.9 Å². The maximum Gasteiger partial charge on any atom is 0.249 e. The zero-order valence-corrected chi connectivity index (χ0v) is 13.5. The lowest BCUT2D eigenvalue weighted by molar-refractivity contribution is 0.557. The minimum Gasteiger partial charge on any atom is -0.304 e. The first-order valence-corrected chi connectivity index (χ1v) is 8.95. The molecule has 0 saturated heterocycles. The molecular formula is C16H15FN4O2S. The van der Waals surface area contributed by atoms with Crippen LogP contribution in [0.15, 0.2) is 60.1 Å². The Morgan fingerprint density at radius 2 is 1.88 bits per heavy atom. The normalized spacial score (nSPS) is 11.5. The number of pyridine rings is 1. The number of hydrogen-bond acceptors (Lipinski definition) is 5. The third-order valence-corrected chi connectivity index (χ3v) is 5.05. The van der Waals surface area contributed by atoms with Crippen molar-refractivity contribution in [3.63, 3.8) is 0 Å². The predicted octanol–water partition coefficient (Wildman–Crippen LogP) is 2.03. The summed E-state index contributed by atoms with van der Waals surface area (Å²) in [5, 5.41) is 7.36. The van der Waals surface area contributed by atoms with E-state index in [0.717, 1.165) is 5.69 Å². The number of hydrogen-bond donors (Lipinski definition) is 0. The lowest BCUT2D eigenvalue weighted by Crippen LogP contribution is -2.14. The molecule has 0 N–H and O–H groups in total. The molecular weight excluding hydrogens is 331 g/mol. The molecule has 0 atom stereocenters. The Balaban J connectivity index is 1.76. The van der Waals surface area contributed by atoms with E-state index in [1.54, 1.807) is 6.20 Å². The summed E-state index contributed by atoms with van der Waals surface area (Å²) < 4.78 is 39.5. The van der Waals surface area contributed by atoms with Crippen molar-refractivity contribution < 1.29 is 12.8 Å². The molecule has 0 aliphatic heterocycles. The highest BCUT2D eigenvalue weighted by Gasteiger charge is 2.22. The minimum atomic E-state index is -3.67. The standard InChI is InChI=1S/C16H15FN4O2S/c17-14-6-4-13(5-7-14)11-24(22,23)16-20-19-12-21(16)10-8-15-3-1-2-9-18-15/h1-7,9,12H,8,10-11H2. The van der Waals surface area contributed by atoms with Crippen LogP contribution in [0.4, 0.5) is 4.39 Å². The second kappa shape index (κ2) is 6.88. The van der Waals surface area contributed by atoms with Gasteiger partial charge in [-0.15, -0.1) is 10.2 Å². The molecule has 0 aliphatic rings. The van der Waals surface area contributed by atoms with Gasteiger partial charge >= 0.3 is 0 Å². The first-order chi connectivity index (χ1) is 11.5. The lowest BCUT2D eigenvalue weighted by atomic mass is 10.2. The Morgan fingerprint density at radius 3 is 2.58 bits per heavy atom. The molecule has 3 aromatic rings. The Bertz CT molecular complexity index is 909. The molecule has 0 bridgehead atoms. The van der Waals surface area contributed by atoms with Crippen molar-refractivity contribution in [1.29, 1.82) is 0 Å². The summed E-state index contributed by atoms with van der Waals surface area (Å²) >= 11 is 0. The van der Waals surface area contributed by atoms with Crippen LogP contribution in [0.1, 0.15) is 11.3 Å². The van der Waals surface area contributed by atoms with Gasteiger partial charge in [0.05, 0.1) is 5.75 Å². The van der Waals surface area contributed by atoms with Gasteiger partial charge in [0.25, 0.3) is 0 Å². The maximum atomic E-state index is 12.9. The molecule has 2 aromatic heterocycles. The second-order valence-corrected chi connectivity index (χ2v) is 7.15. The van der Waals surface area contributed by atoms with Crippen molar-refractivity contribution in [3.05, 3.63) is 72.1 Å². The van der Waals surface area contributed by atoms with E-state index in [9.17, 15) is 12.8 Å². The molecule has 0 saturated carbocycles. The lowest BCUT2D eigenvalue weighted by Gasteiger charge is -2.07. The highest BCUT2D eigenvalue weighted by molar-refractivity contribution is 7.90. The van der Waals surface area contributed by atoms with E-state index < -0.39 is 15.7 Å². The molecule has 24 heavy (non-hydrogen) atoms. The van der Waals surface area contributed by atoms with E-state index in [1.807, 2.05) is 18.2 Å². The Morgan fingerprint density at radius 1 is 1.08 bits per heavy atom. The van der Waals surface area contributed by atoms with Crippen LogP contribution in [-0.4, -0.2) is 28.2 Å². The fraction of sp³-hybridized carbons (Fsp3) is 0.188. The van der Waals surface area contributed by atoms with Gasteiger partial charge in [-0.3, -0.25) is 4.98 Å². The van der Waals surface area contributed by atoms with Crippen molar-refractivity contribution in [2.45, 2.75) is 23.9 Å². The highest BCUT2D eigenvalue weighted by atomic mass is 32.2. The number of nitrogens with zero attached hydrogens (tertiary/aromatic N) is 4. The number of sulfone groups is 1.